The second-order valence-corrected chi connectivity index (χ2v) is 7.67. The van der Waals surface area contributed by atoms with E-state index >= 15 is 0 Å². The first-order chi connectivity index (χ1) is 14.1. The van der Waals surface area contributed by atoms with Crippen LogP contribution in [0.3, 0.4) is 0 Å². The fraction of sp³-hybridized carbons (Fsp3) is 0.222. The number of hydrogen-bond donors (Lipinski definition) is 2. The van der Waals surface area contributed by atoms with Crippen molar-refractivity contribution >= 4 is 33.3 Å². The molecule has 11 nitrogen and oxygen atoms in total. The Balaban J connectivity index is 1.93. The minimum absolute atomic E-state index is 0.0207. The maximum absolute atomic E-state index is 12.2. The number of amides is 1. The molecular weight excluding hydrogens is 418 g/mol. The van der Waals surface area contributed by atoms with Crippen molar-refractivity contribution in [3.63, 3.8) is 0 Å². The van der Waals surface area contributed by atoms with Crippen molar-refractivity contribution in [3.05, 3.63) is 58.6 Å². The lowest BCUT2D eigenvalue weighted by Gasteiger charge is -2.14. The van der Waals surface area contributed by atoms with Crippen molar-refractivity contribution < 1.29 is 32.4 Å². The van der Waals surface area contributed by atoms with Crippen LogP contribution in [0.2, 0.25) is 0 Å². The molecule has 1 amide bonds. The average Bonchev–Trinajstić information content (AvgIpc) is 2.72. The Morgan fingerprint density at radius 3 is 2.43 bits per heavy atom. The van der Waals surface area contributed by atoms with Gasteiger partial charge in [0.15, 0.2) is 6.61 Å². The van der Waals surface area contributed by atoms with Gasteiger partial charge in [0.2, 0.25) is 10.0 Å². The molecule has 0 aliphatic rings. The number of anilines is 1. The standard InChI is InChI=1S/C18H19N3O8S/c1-12(20-30(26,27)14-6-4-3-5-7-14)18(23)29-11-17(22)19-15-9-8-13(21(24)25)10-16(15)28-2/h3-10,12,20H,11H2,1-2H3,(H,19,22). The molecule has 2 N–H and O–H groups in total. The van der Waals surface area contributed by atoms with Crippen LogP contribution in [0.25, 0.3) is 0 Å². The molecule has 0 heterocycles. The predicted octanol–water partition coefficient (Wildman–Crippen LogP) is 1.45. The molecule has 0 saturated heterocycles. The molecule has 0 radical (unpaired) electrons. The Morgan fingerprint density at radius 2 is 1.83 bits per heavy atom. The lowest BCUT2D eigenvalue weighted by molar-refractivity contribution is -0.384. The van der Waals surface area contributed by atoms with Crippen LogP contribution in [0, 0.1) is 10.1 Å². The number of carbonyl (C=O) groups excluding carboxylic acids is 2. The van der Waals surface area contributed by atoms with Crippen LogP contribution in [0.1, 0.15) is 6.92 Å². The van der Waals surface area contributed by atoms with E-state index in [0.29, 0.717) is 0 Å². The second kappa shape index (κ2) is 9.80. The number of carbonyl (C=O) groups is 2. The van der Waals surface area contributed by atoms with Gasteiger partial charge in [-0.15, -0.1) is 0 Å². The minimum Gasteiger partial charge on any atom is -0.494 e. The third-order valence-corrected chi connectivity index (χ3v) is 5.31. The van der Waals surface area contributed by atoms with Crippen LogP contribution in [0.15, 0.2) is 53.4 Å². The van der Waals surface area contributed by atoms with Crippen LogP contribution in [0.4, 0.5) is 11.4 Å². The maximum Gasteiger partial charge on any atom is 0.324 e. The largest absolute Gasteiger partial charge is 0.494 e. The van der Waals surface area contributed by atoms with Gasteiger partial charge in [0.05, 0.1) is 28.7 Å². The van der Waals surface area contributed by atoms with Gasteiger partial charge in [-0.3, -0.25) is 19.7 Å². The molecule has 30 heavy (non-hydrogen) atoms. The van der Waals surface area contributed by atoms with Crippen molar-refractivity contribution in [2.75, 3.05) is 19.0 Å². The zero-order chi connectivity index (χ0) is 22.3. The Bertz CT molecular complexity index is 1040. The normalized spacial score (nSPS) is 11.9. The highest BCUT2D eigenvalue weighted by Crippen LogP contribution is 2.28. The number of benzene rings is 2. The van der Waals surface area contributed by atoms with E-state index in [4.69, 9.17) is 9.47 Å². The van der Waals surface area contributed by atoms with E-state index in [1.807, 2.05) is 0 Å². The Kier molecular flexibility index (Phi) is 7.44. The summed E-state index contributed by atoms with van der Waals surface area (Å²) in [5, 5.41) is 13.2. The van der Waals surface area contributed by atoms with Crippen molar-refractivity contribution in [2.45, 2.75) is 17.9 Å². The summed E-state index contributed by atoms with van der Waals surface area (Å²) in [6, 6.07) is 9.78. The summed E-state index contributed by atoms with van der Waals surface area (Å²) < 4.78 is 36.4. The number of nitro groups is 1. The molecule has 0 fully saturated rings. The lowest BCUT2D eigenvalue weighted by Crippen LogP contribution is -2.40. The summed E-state index contributed by atoms with van der Waals surface area (Å²) in [7, 11) is -2.66. The number of non-ortho nitro benzene ring substituents is 1. The lowest BCUT2D eigenvalue weighted by atomic mass is 10.2. The Labute approximate surface area is 172 Å². The molecule has 0 saturated carbocycles. The summed E-state index contributed by atoms with van der Waals surface area (Å²) in [6.07, 6.45) is 0. The van der Waals surface area contributed by atoms with Gasteiger partial charge in [-0.2, -0.15) is 4.72 Å². The summed E-state index contributed by atoms with van der Waals surface area (Å²) in [4.78, 5) is 34.2. The highest BCUT2D eigenvalue weighted by molar-refractivity contribution is 7.89. The van der Waals surface area contributed by atoms with Crippen LogP contribution >= 0.6 is 0 Å². The molecule has 2 rings (SSSR count). The van der Waals surface area contributed by atoms with E-state index in [2.05, 4.69) is 10.0 Å². The van der Waals surface area contributed by atoms with Crippen LogP contribution in [-0.2, 0) is 24.3 Å². The average molecular weight is 437 g/mol. The summed E-state index contributed by atoms with van der Waals surface area (Å²) in [5.74, 6) is -1.65. The molecule has 1 unspecified atom stereocenters. The summed E-state index contributed by atoms with van der Waals surface area (Å²) in [5.41, 5.74) is -0.0854. The molecule has 0 aromatic heterocycles. The van der Waals surface area contributed by atoms with Gasteiger partial charge >= 0.3 is 5.97 Å². The molecule has 2 aromatic rings. The van der Waals surface area contributed by atoms with Crippen molar-refractivity contribution in [2.24, 2.45) is 0 Å². The zero-order valence-electron chi connectivity index (χ0n) is 16.0. The third-order valence-electron chi connectivity index (χ3n) is 3.75. The van der Waals surface area contributed by atoms with Crippen molar-refractivity contribution in [3.8, 4) is 5.75 Å². The quantitative estimate of drug-likeness (QED) is 0.339. The number of nitrogens with zero attached hydrogens (tertiary/aromatic N) is 1. The fourth-order valence-electron chi connectivity index (χ4n) is 2.29. The molecule has 2 aromatic carbocycles. The number of ether oxygens (including phenoxy) is 2. The molecule has 0 aliphatic heterocycles. The molecule has 1 atom stereocenters. The molecule has 0 bridgehead atoms. The second-order valence-electron chi connectivity index (χ2n) is 5.95. The van der Waals surface area contributed by atoms with E-state index in [1.54, 1.807) is 6.07 Å². The monoisotopic (exact) mass is 437 g/mol. The first-order valence-corrected chi connectivity index (χ1v) is 9.98. The van der Waals surface area contributed by atoms with Gasteiger partial charge in [-0.05, 0) is 25.1 Å². The molecule has 0 spiro atoms. The number of sulfonamides is 1. The van der Waals surface area contributed by atoms with Gasteiger partial charge < -0.3 is 14.8 Å². The van der Waals surface area contributed by atoms with Crippen molar-refractivity contribution in [1.29, 1.82) is 0 Å². The first-order valence-electron chi connectivity index (χ1n) is 8.50. The van der Waals surface area contributed by atoms with Crippen LogP contribution in [-0.4, -0.2) is 45.0 Å². The summed E-state index contributed by atoms with van der Waals surface area (Å²) >= 11 is 0. The molecule has 12 heteroatoms. The van der Waals surface area contributed by atoms with Gasteiger partial charge in [0.25, 0.3) is 11.6 Å². The van der Waals surface area contributed by atoms with Gasteiger partial charge in [0.1, 0.15) is 11.8 Å². The molecule has 160 valence electrons. The van der Waals surface area contributed by atoms with Gasteiger partial charge in [-0.1, -0.05) is 18.2 Å². The van der Waals surface area contributed by atoms with Gasteiger partial charge in [-0.25, -0.2) is 8.42 Å². The zero-order valence-corrected chi connectivity index (χ0v) is 16.8. The van der Waals surface area contributed by atoms with Crippen LogP contribution in [0.5, 0.6) is 5.75 Å². The maximum atomic E-state index is 12.2. The number of nitro benzene ring substituents is 1. The molecular formula is C18H19N3O8S. The first kappa shape index (κ1) is 22.8. The number of hydrogen-bond acceptors (Lipinski definition) is 8. The van der Waals surface area contributed by atoms with Gasteiger partial charge in [0, 0.05) is 6.07 Å². The number of nitrogens with one attached hydrogen (secondary N) is 2. The van der Waals surface area contributed by atoms with E-state index in [-0.39, 0.29) is 22.0 Å². The van der Waals surface area contributed by atoms with Crippen LogP contribution < -0.4 is 14.8 Å². The Morgan fingerprint density at radius 1 is 1.17 bits per heavy atom. The van der Waals surface area contributed by atoms with E-state index in [9.17, 15) is 28.1 Å². The summed E-state index contributed by atoms with van der Waals surface area (Å²) in [6.45, 7) is 0.580. The number of methoxy groups -OCH3 is 1. The van der Waals surface area contributed by atoms with Crippen molar-refractivity contribution in [1.82, 2.24) is 4.72 Å². The predicted molar refractivity (Wildman–Crippen MR) is 105 cm³/mol. The highest BCUT2D eigenvalue weighted by Gasteiger charge is 2.23. The highest BCUT2D eigenvalue weighted by atomic mass is 32.2. The SMILES string of the molecule is COc1cc([N+](=O)[O-])ccc1NC(=O)COC(=O)C(C)NS(=O)(=O)c1ccccc1. The van der Waals surface area contributed by atoms with E-state index in [0.717, 1.165) is 6.07 Å². The van der Waals surface area contributed by atoms with E-state index < -0.39 is 39.5 Å². The topological polar surface area (TPSA) is 154 Å². The number of esters is 1. The van der Waals surface area contributed by atoms with E-state index in [1.165, 1.54) is 50.4 Å². The Hall–Kier alpha value is -3.51. The number of rotatable bonds is 9. The fourth-order valence-corrected chi connectivity index (χ4v) is 3.51. The minimum atomic E-state index is -3.93. The molecule has 0 aliphatic carbocycles. The third kappa shape index (κ3) is 5.99. The smallest absolute Gasteiger partial charge is 0.324 e.